The van der Waals surface area contributed by atoms with Gasteiger partial charge in [0.25, 0.3) is 0 Å². The van der Waals surface area contributed by atoms with Crippen molar-refractivity contribution in [1.29, 1.82) is 0 Å². The molecule has 1 aliphatic rings. The summed E-state index contributed by atoms with van der Waals surface area (Å²) in [6.07, 6.45) is 9.81. The quantitative estimate of drug-likeness (QED) is 0.766. The van der Waals surface area contributed by atoms with Crippen LogP contribution in [-0.4, -0.2) is 24.0 Å². The van der Waals surface area contributed by atoms with Crippen molar-refractivity contribution >= 4 is 0 Å². The van der Waals surface area contributed by atoms with Crippen LogP contribution in [0.25, 0.3) is 0 Å². The van der Waals surface area contributed by atoms with Crippen molar-refractivity contribution in [2.45, 2.75) is 71.5 Å². The van der Waals surface area contributed by atoms with E-state index in [1.165, 1.54) is 50.6 Å². The first-order chi connectivity index (χ1) is 9.83. The van der Waals surface area contributed by atoms with E-state index < -0.39 is 0 Å². The molecule has 114 valence electrons. The van der Waals surface area contributed by atoms with Gasteiger partial charge in [-0.2, -0.15) is 0 Å². The van der Waals surface area contributed by atoms with Gasteiger partial charge in [0.2, 0.25) is 0 Å². The van der Waals surface area contributed by atoms with Crippen molar-refractivity contribution in [3.05, 3.63) is 23.7 Å². The fourth-order valence-corrected chi connectivity index (χ4v) is 3.12. The van der Waals surface area contributed by atoms with Gasteiger partial charge in [-0.1, -0.05) is 26.7 Å². The van der Waals surface area contributed by atoms with E-state index in [9.17, 15) is 0 Å². The molecule has 1 atom stereocenters. The van der Waals surface area contributed by atoms with Crippen LogP contribution in [0.2, 0.25) is 0 Å². The van der Waals surface area contributed by atoms with Gasteiger partial charge in [0.1, 0.15) is 5.76 Å². The van der Waals surface area contributed by atoms with Gasteiger partial charge in [-0.3, -0.25) is 4.90 Å². The zero-order valence-corrected chi connectivity index (χ0v) is 13.2. The smallest absolute Gasteiger partial charge is 0.118 e. The van der Waals surface area contributed by atoms with Crippen LogP contribution < -0.4 is 5.32 Å². The first-order valence-electron chi connectivity index (χ1n) is 8.34. The monoisotopic (exact) mass is 278 g/mol. The molecular weight excluding hydrogens is 248 g/mol. The maximum atomic E-state index is 5.75. The lowest BCUT2D eigenvalue weighted by molar-refractivity contribution is 0.172. The zero-order chi connectivity index (χ0) is 14.2. The van der Waals surface area contributed by atoms with Crippen LogP contribution in [0.3, 0.4) is 0 Å². The summed E-state index contributed by atoms with van der Waals surface area (Å²) in [6, 6.07) is 2.96. The molecular formula is C17H30N2O. The molecule has 1 aromatic rings. The highest BCUT2D eigenvalue weighted by Gasteiger charge is 2.20. The summed E-state index contributed by atoms with van der Waals surface area (Å²) < 4.78 is 5.75. The van der Waals surface area contributed by atoms with Gasteiger partial charge in [-0.05, 0) is 44.8 Å². The highest BCUT2D eigenvalue weighted by molar-refractivity contribution is 5.12. The van der Waals surface area contributed by atoms with Crippen LogP contribution in [0, 0.1) is 0 Å². The Bertz CT molecular complexity index is 375. The Labute approximate surface area is 123 Å². The van der Waals surface area contributed by atoms with Crippen LogP contribution in [-0.2, 0) is 13.1 Å². The Balaban J connectivity index is 1.87. The van der Waals surface area contributed by atoms with E-state index in [0.717, 1.165) is 31.4 Å². The summed E-state index contributed by atoms with van der Waals surface area (Å²) in [5.74, 6) is 1.12. The van der Waals surface area contributed by atoms with Crippen molar-refractivity contribution in [2.24, 2.45) is 0 Å². The van der Waals surface area contributed by atoms with Gasteiger partial charge < -0.3 is 9.73 Å². The van der Waals surface area contributed by atoms with Crippen molar-refractivity contribution in [2.75, 3.05) is 13.1 Å². The van der Waals surface area contributed by atoms with E-state index in [-0.39, 0.29) is 0 Å². The lowest BCUT2D eigenvalue weighted by Crippen LogP contribution is -2.33. The molecule has 0 aliphatic carbocycles. The molecule has 1 aromatic heterocycles. The molecule has 0 aromatic carbocycles. The lowest BCUT2D eigenvalue weighted by Gasteiger charge is -2.28. The molecule has 3 nitrogen and oxygen atoms in total. The first-order valence-corrected chi connectivity index (χ1v) is 8.34. The average Bonchev–Trinajstić information content (AvgIpc) is 2.77. The summed E-state index contributed by atoms with van der Waals surface area (Å²) in [5, 5.41) is 3.42. The Morgan fingerprint density at radius 1 is 1.30 bits per heavy atom. The topological polar surface area (TPSA) is 28.4 Å². The minimum atomic E-state index is 0.740. The van der Waals surface area contributed by atoms with Gasteiger partial charge in [0, 0.05) is 18.2 Å². The second-order valence-electron chi connectivity index (χ2n) is 5.98. The number of nitrogens with zero attached hydrogens (tertiary/aromatic N) is 1. The minimum Gasteiger partial charge on any atom is -0.468 e. The fourth-order valence-electron chi connectivity index (χ4n) is 3.12. The molecule has 0 amide bonds. The summed E-state index contributed by atoms with van der Waals surface area (Å²) in [4.78, 5) is 2.62. The Kier molecular flexibility index (Phi) is 6.61. The Morgan fingerprint density at radius 3 is 3.00 bits per heavy atom. The normalized spacial score (nSPS) is 21.0. The number of likely N-dealkylation sites (tertiary alicyclic amines) is 1. The summed E-state index contributed by atoms with van der Waals surface area (Å²) in [5.41, 5.74) is 1.27. The second kappa shape index (κ2) is 8.48. The average molecular weight is 278 g/mol. The maximum Gasteiger partial charge on any atom is 0.118 e. The molecule has 2 rings (SSSR count). The Hall–Kier alpha value is -0.800. The van der Waals surface area contributed by atoms with Crippen LogP contribution in [0.4, 0.5) is 0 Å². The standard InChI is InChI=1S/C17H30N2O/c1-3-9-18-12-15-11-17(20-14-15)13-19-10-7-5-6-8-16(19)4-2/h11,14,16,18H,3-10,12-13H2,1-2H3. The van der Waals surface area contributed by atoms with E-state index >= 15 is 0 Å². The number of hydrogen-bond acceptors (Lipinski definition) is 3. The lowest BCUT2D eigenvalue weighted by atomic mass is 10.1. The Morgan fingerprint density at radius 2 is 2.20 bits per heavy atom. The number of furan rings is 1. The minimum absolute atomic E-state index is 0.740. The maximum absolute atomic E-state index is 5.75. The first kappa shape index (κ1) is 15.6. The van der Waals surface area contributed by atoms with Crippen LogP contribution in [0.1, 0.15) is 63.7 Å². The van der Waals surface area contributed by atoms with Crippen LogP contribution >= 0.6 is 0 Å². The molecule has 1 saturated heterocycles. The summed E-state index contributed by atoms with van der Waals surface area (Å²) >= 11 is 0. The van der Waals surface area contributed by atoms with E-state index in [2.05, 4.69) is 30.1 Å². The third kappa shape index (κ3) is 4.64. The molecule has 0 saturated carbocycles. The van der Waals surface area contributed by atoms with Gasteiger partial charge in [-0.25, -0.2) is 0 Å². The molecule has 0 bridgehead atoms. The SMILES string of the molecule is CCCNCc1coc(CN2CCCCCC2CC)c1. The third-order valence-corrected chi connectivity index (χ3v) is 4.29. The van der Waals surface area contributed by atoms with Gasteiger partial charge in [0.05, 0.1) is 12.8 Å². The van der Waals surface area contributed by atoms with Gasteiger partial charge >= 0.3 is 0 Å². The molecule has 0 spiro atoms. The van der Waals surface area contributed by atoms with Gasteiger partial charge in [0.15, 0.2) is 0 Å². The molecule has 3 heteroatoms. The van der Waals surface area contributed by atoms with Crippen LogP contribution in [0.15, 0.2) is 16.7 Å². The van der Waals surface area contributed by atoms with E-state index in [1.807, 2.05) is 6.26 Å². The molecule has 1 fully saturated rings. The molecule has 2 heterocycles. The van der Waals surface area contributed by atoms with E-state index in [1.54, 1.807) is 0 Å². The third-order valence-electron chi connectivity index (χ3n) is 4.29. The molecule has 1 aliphatic heterocycles. The summed E-state index contributed by atoms with van der Waals surface area (Å²) in [7, 11) is 0. The van der Waals surface area contributed by atoms with Crippen molar-refractivity contribution in [3.8, 4) is 0 Å². The zero-order valence-electron chi connectivity index (χ0n) is 13.2. The largest absolute Gasteiger partial charge is 0.468 e. The predicted octanol–water partition coefficient (Wildman–Crippen LogP) is 3.93. The van der Waals surface area contributed by atoms with Crippen molar-refractivity contribution in [1.82, 2.24) is 10.2 Å². The number of hydrogen-bond donors (Lipinski definition) is 1. The number of rotatable bonds is 7. The van der Waals surface area contributed by atoms with E-state index in [0.29, 0.717) is 0 Å². The molecule has 0 radical (unpaired) electrons. The number of nitrogens with one attached hydrogen (secondary N) is 1. The highest BCUT2D eigenvalue weighted by Crippen LogP contribution is 2.22. The fraction of sp³-hybridized carbons (Fsp3) is 0.765. The highest BCUT2D eigenvalue weighted by atomic mass is 16.3. The van der Waals surface area contributed by atoms with E-state index in [4.69, 9.17) is 4.42 Å². The summed E-state index contributed by atoms with van der Waals surface area (Å²) in [6.45, 7) is 8.71. The van der Waals surface area contributed by atoms with Crippen molar-refractivity contribution in [3.63, 3.8) is 0 Å². The molecule has 1 N–H and O–H groups in total. The predicted molar refractivity (Wildman–Crippen MR) is 83.7 cm³/mol. The second-order valence-corrected chi connectivity index (χ2v) is 5.98. The van der Waals surface area contributed by atoms with Crippen LogP contribution in [0.5, 0.6) is 0 Å². The molecule has 20 heavy (non-hydrogen) atoms. The van der Waals surface area contributed by atoms with Crippen molar-refractivity contribution < 1.29 is 4.42 Å². The molecule has 1 unspecified atom stereocenters. The van der Waals surface area contributed by atoms with Gasteiger partial charge in [-0.15, -0.1) is 0 Å².